The summed E-state index contributed by atoms with van der Waals surface area (Å²) in [5, 5.41) is 3.88. The molecule has 0 saturated heterocycles. The zero-order chi connectivity index (χ0) is 25.0. The Labute approximate surface area is 208 Å². The summed E-state index contributed by atoms with van der Waals surface area (Å²) in [7, 11) is -4.14. The van der Waals surface area contributed by atoms with E-state index in [1.807, 2.05) is 19.9 Å². The number of hydrogen-bond acceptors (Lipinski definition) is 5. The minimum atomic E-state index is -4.14. The third kappa shape index (κ3) is 3.96. The third-order valence-corrected chi connectivity index (χ3v) is 10.2. The molecule has 0 amide bonds. The van der Waals surface area contributed by atoms with Crippen molar-refractivity contribution in [3.05, 3.63) is 81.8 Å². The van der Waals surface area contributed by atoms with Crippen molar-refractivity contribution in [3.8, 4) is 5.75 Å². The Morgan fingerprint density at radius 1 is 1.11 bits per heavy atom. The molecule has 0 radical (unpaired) electrons. The van der Waals surface area contributed by atoms with E-state index in [0.717, 1.165) is 29.2 Å². The first-order valence-corrected chi connectivity index (χ1v) is 13.4. The quantitative estimate of drug-likeness (QED) is 0.456. The van der Waals surface area contributed by atoms with E-state index in [4.69, 9.17) is 20.8 Å². The molecule has 1 N–H and O–H groups in total. The van der Waals surface area contributed by atoms with Crippen molar-refractivity contribution in [2.75, 3.05) is 6.61 Å². The average molecular weight is 522 g/mol. The number of ether oxygens (including phenoxy) is 1. The second-order valence-corrected chi connectivity index (χ2v) is 12.0. The Balaban J connectivity index is 1.55. The van der Waals surface area contributed by atoms with Crippen LogP contribution in [0, 0.1) is 31.4 Å². The molecule has 5 nitrogen and oxygen atoms in total. The van der Waals surface area contributed by atoms with E-state index >= 15 is 4.39 Å². The van der Waals surface area contributed by atoms with Crippen LogP contribution in [0.4, 0.5) is 8.78 Å². The number of nitrogens with one attached hydrogen (secondary N) is 1. The number of rotatable bonds is 5. The molecule has 35 heavy (non-hydrogen) atoms. The van der Waals surface area contributed by atoms with E-state index in [-0.39, 0.29) is 35.3 Å². The van der Waals surface area contributed by atoms with Gasteiger partial charge in [0.1, 0.15) is 22.1 Å². The number of aryl methyl sites for hydroxylation is 2. The van der Waals surface area contributed by atoms with Crippen LogP contribution in [-0.4, -0.2) is 21.1 Å². The fraction of sp³-hybridized carbons (Fsp3) is 0.385. The van der Waals surface area contributed by atoms with Crippen LogP contribution in [-0.2, 0) is 21.1 Å². The van der Waals surface area contributed by atoms with E-state index in [1.54, 1.807) is 0 Å². The van der Waals surface area contributed by atoms with Crippen LogP contribution in [0.1, 0.15) is 41.9 Å². The number of hydrogen-bond donors (Lipinski definition) is 1. The van der Waals surface area contributed by atoms with Gasteiger partial charge in [-0.25, -0.2) is 17.2 Å². The predicted octanol–water partition coefficient (Wildman–Crippen LogP) is 5.85. The van der Waals surface area contributed by atoms with Crippen molar-refractivity contribution in [2.24, 2.45) is 5.92 Å². The zero-order valence-corrected chi connectivity index (χ0v) is 21.0. The lowest BCUT2D eigenvalue weighted by molar-refractivity contribution is 0.107. The second kappa shape index (κ2) is 8.91. The minimum absolute atomic E-state index is 0.0232. The van der Waals surface area contributed by atoms with Crippen molar-refractivity contribution in [1.29, 1.82) is 0 Å². The van der Waals surface area contributed by atoms with Gasteiger partial charge in [0.25, 0.3) is 0 Å². The molecule has 0 unspecified atom stereocenters. The molecule has 5 rings (SSSR count). The van der Waals surface area contributed by atoms with E-state index < -0.39 is 32.1 Å². The van der Waals surface area contributed by atoms with E-state index in [0.29, 0.717) is 24.4 Å². The molecule has 1 saturated carbocycles. The van der Waals surface area contributed by atoms with Gasteiger partial charge in [-0.05, 0) is 75.6 Å². The summed E-state index contributed by atoms with van der Waals surface area (Å²) in [6, 6.07) is 9.72. The number of fused-ring (bicyclic) bond motifs is 3. The van der Waals surface area contributed by atoms with Gasteiger partial charge in [-0.3, -0.25) is 0 Å². The van der Waals surface area contributed by atoms with Gasteiger partial charge >= 0.3 is 0 Å². The van der Waals surface area contributed by atoms with Crippen LogP contribution in [0.3, 0.4) is 0 Å². The highest BCUT2D eigenvalue weighted by Crippen LogP contribution is 2.56. The maximum Gasteiger partial charge on any atom is 0.188 e. The van der Waals surface area contributed by atoms with Gasteiger partial charge in [-0.2, -0.15) is 0 Å². The molecule has 9 heteroatoms. The Kier molecular flexibility index (Phi) is 6.18. The summed E-state index contributed by atoms with van der Waals surface area (Å²) >= 11 is 5.99. The van der Waals surface area contributed by atoms with Crippen molar-refractivity contribution in [2.45, 2.75) is 55.3 Å². The molecular weight excluding hydrogens is 496 g/mol. The lowest BCUT2D eigenvalue weighted by Crippen LogP contribution is -2.55. The van der Waals surface area contributed by atoms with Gasteiger partial charge in [0.15, 0.2) is 21.4 Å². The Bertz CT molecular complexity index is 1370. The third-order valence-electron chi connectivity index (χ3n) is 7.33. The van der Waals surface area contributed by atoms with Crippen LogP contribution in [0.2, 0.25) is 5.02 Å². The van der Waals surface area contributed by atoms with Crippen LogP contribution in [0.15, 0.2) is 51.8 Å². The lowest BCUT2D eigenvalue weighted by Gasteiger charge is -2.49. The normalized spacial score (nSPS) is 23.9. The first kappa shape index (κ1) is 24.3. The molecule has 1 aliphatic heterocycles. The van der Waals surface area contributed by atoms with E-state index in [1.165, 1.54) is 24.3 Å². The zero-order valence-electron chi connectivity index (χ0n) is 19.4. The van der Waals surface area contributed by atoms with E-state index in [9.17, 15) is 12.8 Å². The highest BCUT2D eigenvalue weighted by molar-refractivity contribution is 7.92. The fourth-order valence-electron chi connectivity index (χ4n) is 5.64. The Hall–Kier alpha value is -2.42. The summed E-state index contributed by atoms with van der Waals surface area (Å²) in [6.07, 6.45) is 1.02. The Morgan fingerprint density at radius 3 is 2.51 bits per heavy atom. The van der Waals surface area contributed by atoms with Crippen molar-refractivity contribution < 1.29 is 26.4 Å². The largest absolute Gasteiger partial charge is 0.490 e. The lowest BCUT2D eigenvalue weighted by atomic mass is 9.71. The number of furan rings is 1. The second-order valence-electron chi connectivity index (χ2n) is 9.38. The van der Waals surface area contributed by atoms with Crippen LogP contribution < -0.4 is 10.1 Å². The number of halogens is 3. The van der Waals surface area contributed by atoms with Gasteiger partial charge in [0.2, 0.25) is 0 Å². The van der Waals surface area contributed by atoms with Crippen LogP contribution >= 0.6 is 11.6 Å². The summed E-state index contributed by atoms with van der Waals surface area (Å²) in [6.45, 7) is 4.33. The van der Waals surface area contributed by atoms with Gasteiger partial charge in [-0.1, -0.05) is 11.6 Å². The highest BCUT2D eigenvalue weighted by Gasteiger charge is 2.59. The minimum Gasteiger partial charge on any atom is -0.490 e. The molecule has 1 aliphatic carbocycles. The smallest absolute Gasteiger partial charge is 0.188 e. The summed E-state index contributed by atoms with van der Waals surface area (Å²) < 4.78 is 68.1. The summed E-state index contributed by atoms with van der Waals surface area (Å²) in [5.41, 5.74) is 0.829. The van der Waals surface area contributed by atoms with Crippen molar-refractivity contribution >= 4 is 21.4 Å². The molecule has 1 fully saturated rings. The van der Waals surface area contributed by atoms with E-state index in [2.05, 4.69) is 5.32 Å². The standard InChI is InChI=1S/C26H26ClF2NO4S/c1-15-11-17(16(2)34-15)13-30-20-9-10-26(35(31,32)21-5-3-19(27)4-6-21)18(12-20)14-33-25-23(29)8-7-22(28)24(25)26/h3-8,11,18,20,30H,9-10,12-14H2,1-2H3/t18-,20-,26+/m1/s1. The summed E-state index contributed by atoms with van der Waals surface area (Å²) in [4.78, 5) is 0.0271. The van der Waals surface area contributed by atoms with Crippen LogP contribution in [0.25, 0.3) is 0 Å². The molecule has 2 aromatic carbocycles. The van der Waals surface area contributed by atoms with Crippen molar-refractivity contribution in [3.63, 3.8) is 0 Å². The maximum absolute atomic E-state index is 15.3. The molecule has 3 aromatic rings. The Morgan fingerprint density at radius 2 is 1.83 bits per heavy atom. The molecule has 2 heterocycles. The van der Waals surface area contributed by atoms with Gasteiger partial charge in [-0.15, -0.1) is 0 Å². The summed E-state index contributed by atoms with van der Waals surface area (Å²) in [5.74, 6) is -0.778. The SMILES string of the molecule is Cc1cc(CN[C@@H]2CC[C@@]3(S(=O)(=O)c4ccc(Cl)cc4)c4c(F)ccc(F)c4OC[C@H]3C2)c(C)o1. The van der Waals surface area contributed by atoms with Crippen LogP contribution in [0.5, 0.6) is 5.75 Å². The monoisotopic (exact) mass is 521 g/mol. The molecule has 3 atom stereocenters. The van der Waals surface area contributed by atoms with Gasteiger partial charge in [0.05, 0.1) is 17.1 Å². The molecule has 0 bridgehead atoms. The average Bonchev–Trinajstić information content (AvgIpc) is 3.16. The van der Waals surface area contributed by atoms with Gasteiger partial charge in [0, 0.05) is 29.1 Å². The number of sulfone groups is 1. The fourth-order valence-corrected chi connectivity index (χ4v) is 8.13. The molecule has 2 aliphatic rings. The molecule has 0 spiro atoms. The predicted molar refractivity (Wildman–Crippen MR) is 128 cm³/mol. The van der Waals surface area contributed by atoms with Crippen molar-refractivity contribution in [1.82, 2.24) is 5.32 Å². The molecule has 1 aromatic heterocycles. The first-order valence-electron chi connectivity index (χ1n) is 11.5. The first-order chi connectivity index (χ1) is 16.6. The van der Waals surface area contributed by atoms with Gasteiger partial charge < -0.3 is 14.5 Å². The maximum atomic E-state index is 15.3. The highest BCUT2D eigenvalue weighted by atomic mass is 35.5. The molecular formula is C26H26ClF2NO4S. The topological polar surface area (TPSA) is 68.5 Å². The molecule has 186 valence electrons. The number of benzene rings is 2.